The van der Waals surface area contributed by atoms with E-state index >= 15 is 0 Å². The second-order valence-corrected chi connectivity index (χ2v) is 15.9. The van der Waals surface area contributed by atoms with E-state index in [0.29, 0.717) is 19.3 Å². The summed E-state index contributed by atoms with van der Waals surface area (Å²) < 4.78 is 17.3. The SMILES string of the molecule is CC/C=C/C/C=C/C/C=C/CCCCCCCCCCCCC(=O)OC(COCCC(C(=O)O)[N+](C)(C)C)COC(=O)CCCCCCCCCCCC. The van der Waals surface area contributed by atoms with Crippen molar-refractivity contribution in [3.05, 3.63) is 36.5 Å². The highest BCUT2D eigenvalue weighted by atomic mass is 16.6. The van der Waals surface area contributed by atoms with Gasteiger partial charge >= 0.3 is 17.9 Å². The molecule has 0 radical (unpaired) electrons. The molecule has 0 rings (SSSR count). The van der Waals surface area contributed by atoms with Gasteiger partial charge in [0.25, 0.3) is 0 Å². The number of carbonyl (C=O) groups is 3. The lowest BCUT2D eigenvalue weighted by molar-refractivity contribution is -0.887. The predicted molar refractivity (Wildman–Crippen MR) is 225 cm³/mol. The number of allylic oxidation sites excluding steroid dienone is 6. The normalized spacial score (nSPS) is 13.3. The van der Waals surface area contributed by atoms with E-state index in [1.807, 2.05) is 21.1 Å². The van der Waals surface area contributed by atoms with Crippen LogP contribution in [-0.4, -0.2) is 80.6 Å². The van der Waals surface area contributed by atoms with Gasteiger partial charge in [0.15, 0.2) is 12.1 Å². The van der Waals surface area contributed by atoms with E-state index in [0.717, 1.165) is 57.8 Å². The topological polar surface area (TPSA) is 99.1 Å². The van der Waals surface area contributed by atoms with Gasteiger partial charge in [0.1, 0.15) is 6.61 Å². The molecule has 0 aliphatic carbocycles. The predicted octanol–water partition coefficient (Wildman–Crippen LogP) is 11.9. The molecule has 0 spiro atoms. The van der Waals surface area contributed by atoms with Gasteiger partial charge in [-0.15, -0.1) is 0 Å². The van der Waals surface area contributed by atoms with E-state index in [-0.39, 0.29) is 36.2 Å². The molecule has 0 aliphatic heterocycles. The second kappa shape index (κ2) is 37.5. The standard InChI is InChI=1S/C46H83NO7/c1-6-8-10-12-14-16-18-19-20-21-22-23-24-25-26-27-29-31-33-35-37-45(49)54-42(40-52-39-38-43(46(50)51)47(3,4)5)41-53-44(48)36-34-32-30-28-17-15-13-11-9-7-2/h8,10,14,16,19-20,42-43H,6-7,9,11-13,15,17-18,21-41H2,1-5H3/p+1/b10-8+,16-14+,20-19+. The summed E-state index contributed by atoms with van der Waals surface area (Å²) in [6.07, 6.45) is 41.9. The van der Waals surface area contributed by atoms with Crippen molar-refractivity contribution in [2.24, 2.45) is 0 Å². The molecule has 0 fully saturated rings. The average Bonchev–Trinajstić information content (AvgIpc) is 3.12. The van der Waals surface area contributed by atoms with Crippen LogP contribution in [0.4, 0.5) is 0 Å². The average molecular weight is 763 g/mol. The van der Waals surface area contributed by atoms with Gasteiger partial charge in [0, 0.05) is 19.3 Å². The summed E-state index contributed by atoms with van der Waals surface area (Å²) in [5.74, 6) is -1.47. The Hall–Kier alpha value is -2.45. The fourth-order valence-electron chi connectivity index (χ4n) is 6.40. The largest absolute Gasteiger partial charge is 0.477 e. The molecule has 314 valence electrons. The number of unbranched alkanes of at least 4 members (excludes halogenated alkanes) is 19. The Morgan fingerprint density at radius 2 is 1.04 bits per heavy atom. The van der Waals surface area contributed by atoms with Crippen LogP contribution in [0, 0.1) is 0 Å². The van der Waals surface area contributed by atoms with Crippen LogP contribution >= 0.6 is 0 Å². The van der Waals surface area contributed by atoms with Gasteiger partial charge in [-0.3, -0.25) is 9.59 Å². The third kappa shape index (κ3) is 35.3. The van der Waals surface area contributed by atoms with Gasteiger partial charge in [0.2, 0.25) is 0 Å². The molecule has 0 saturated heterocycles. The fraction of sp³-hybridized carbons (Fsp3) is 0.804. The molecule has 54 heavy (non-hydrogen) atoms. The van der Waals surface area contributed by atoms with Crippen LogP contribution in [0.15, 0.2) is 36.5 Å². The van der Waals surface area contributed by atoms with Crippen molar-refractivity contribution in [2.45, 2.75) is 199 Å². The van der Waals surface area contributed by atoms with E-state index in [1.165, 1.54) is 96.3 Å². The van der Waals surface area contributed by atoms with E-state index in [4.69, 9.17) is 14.2 Å². The van der Waals surface area contributed by atoms with Crippen LogP contribution in [0.5, 0.6) is 0 Å². The quantitative estimate of drug-likeness (QED) is 0.0288. The lowest BCUT2D eigenvalue weighted by atomic mass is 10.0. The first-order valence-electron chi connectivity index (χ1n) is 22.0. The number of aliphatic carboxylic acids is 1. The molecule has 8 nitrogen and oxygen atoms in total. The van der Waals surface area contributed by atoms with E-state index in [1.54, 1.807) is 0 Å². The van der Waals surface area contributed by atoms with Crippen LogP contribution in [0.25, 0.3) is 0 Å². The first-order chi connectivity index (χ1) is 26.1. The molecule has 2 unspecified atom stereocenters. The van der Waals surface area contributed by atoms with Crippen LogP contribution in [0.2, 0.25) is 0 Å². The van der Waals surface area contributed by atoms with Gasteiger partial charge in [-0.25, -0.2) is 4.79 Å². The summed E-state index contributed by atoms with van der Waals surface area (Å²) >= 11 is 0. The highest BCUT2D eigenvalue weighted by Crippen LogP contribution is 2.15. The molecular formula is C46H84NO7+. The number of carbonyl (C=O) groups excluding carboxylic acids is 2. The molecule has 2 atom stereocenters. The van der Waals surface area contributed by atoms with Crippen LogP contribution < -0.4 is 0 Å². The number of quaternary nitrogens is 1. The molecule has 0 aromatic carbocycles. The number of hydrogen-bond acceptors (Lipinski definition) is 6. The Kier molecular flexibility index (Phi) is 35.8. The number of carboxylic acids is 1. The van der Waals surface area contributed by atoms with E-state index in [2.05, 4.69) is 50.3 Å². The van der Waals surface area contributed by atoms with Crippen LogP contribution in [0.1, 0.15) is 187 Å². The Balaban J connectivity index is 4.27. The van der Waals surface area contributed by atoms with Gasteiger partial charge < -0.3 is 23.8 Å². The minimum absolute atomic E-state index is 0.0499. The Morgan fingerprint density at radius 1 is 0.574 bits per heavy atom. The van der Waals surface area contributed by atoms with Crippen molar-refractivity contribution in [1.82, 2.24) is 0 Å². The molecule has 0 aliphatic rings. The maximum absolute atomic E-state index is 12.7. The van der Waals surface area contributed by atoms with Gasteiger partial charge in [-0.05, 0) is 44.9 Å². The lowest BCUT2D eigenvalue weighted by Crippen LogP contribution is -2.50. The summed E-state index contributed by atoms with van der Waals surface area (Å²) in [4.78, 5) is 36.9. The third-order valence-corrected chi connectivity index (χ3v) is 9.80. The second-order valence-electron chi connectivity index (χ2n) is 15.9. The first-order valence-corrected chi connectivity index (χ1v) is 22.0. The summed E-state index contributed by atoms with van der Waals surface area (Å²) in [6.45, 7) is 4.62. The maximum atomic E-state index is 12.7. The number of esters is 2. The van der Waals surface area contributed by atoms with E-state index < -0.39 is 18.1 Å². The summed E-state index contributed by atoms with van der Waals surface area (Å²) in [7, 11) is 5.52. The third-order valence-electron chi connectivity index (χ3n) is 9.80. The zero-order chi connectivity index (χ0) is 40.0. The molecule has 0 aromatic heterocycles. The highest BCUT2D eigenvalue weighted by Gasteiger charge is 2.31. The minimum Gasteiger partial charge on any atom is -0.477 e. The molecular weight excluding hydrogens is 679 g/mol. The van der Waals surface area contributed by atoms with Crippen LogP contribution in [-0.2, 0) is 28.6 Å². The molecule has 1 N–H and O–H groups in total. The Labute approximate surface area is 332 Å². The fourth-order valence-corrected chi connectivity index (χ4v) is 6.40. The molecule has 0 heterocycles. The van der Waals surface area contributed by atoms with Crippen molar-refractivity contribution in [1.29, 1.82) is 0 Å². The molecule has 0 amide bonds. The summed E-state index contributed by atoms with van der Waals surface area (Å²) in [5.41, 5.74) is 0. The zero-order valence-electron chi connectivity index (χ0n) is 35.7. The number of nitrogens with zero attached hydrogens (tertiary/aromatic N) is 1. The minimum atomic E-state index is -0.875. The lowest BCUT2D eigenvalue weighted by Gasteiger charge is -2.31. The molecule has 0 saturated carbocycles. The van der Waals surface area contributed by atoms with E-state index in [9.17, 15) is 19.5 Å². The Morgan fingerprint density at radius 3 is 1.54 bits per heavy atom. The smallest absolute Gasteiger partial charge is 0.362 e. The molecule has 8 heteroatoms. The van der Waals surface area contributed by atoms with Crippen LogP contribution in [0.3, 0.4) is 0 Å². The molecule has 0 aromatic rings. The number of carboxylic acid groups (broad SMARTS) is 1. The van der Waals surface area contributed by atoms with Gasteiger partial charge in [-0.2, -0.15) is 0 Å². The first kappa shape index (κ1) is 51.5. The van der Waals surface area contributed by atoms with Crippen molar-refractivity contribution in [3.63, 3.8) is 0 Å². The Bertz CT molecular complexity index is 984. The monoisotopic (exact) mass is 763 g/mol. The zero-order valence-corrected chi connectivity index (χ0v) is 35.7. The van der Waals surface area contributed by atoms with Crippen molar-refractivity contribution in [3.8, 4) is 0 Å². The van der Waals surface area contributed by atoms with Crippen molar-refractivity contribution < 1.29 is 38.2 Å². The number of likely N-dealkylation sites (N-methyl/N-ethyl adjacent to an activating group) is 1. The van der Waals surface area contributed by atoms with Crippen molar-refractivity contribution in [2.75, 3.05) is 41.0 Å². The highest BCUT2D eigenvalue weighted by molar-refractivity contribution is 5.72. The number of rotatable bonds is 39. The number of hydrogen-bond donors (Lipinski definition) is 1. The van der Waals surface area contributed by atoms with Gasteiger partial charge in [0.05, 0.1) is 34.4 Å². The summed E-state index contributed by atoms with van der Waals surface area (Å²) in [5, 5.41) is 9.61. The van der Waals surface area contributed by atoms with Gasteiger partial charge in [-0.1, -0.05) is 159 Å². The van der Waals surface area contributed by atoms with Crippen molar-refractivity contribution >= 4 is 17.9 Å². The summed E-state index contributed by atoms with van der Waals surface area (Å²) in [6, 6.07) is -0.612. The maximum Gasteiger partial charge on any atom is 0.362 e. The number of ether oxygens (including phenoxy) is 3. The molecule has 0 bridgehead atoms.